The third kappa shape index (κ3) is 2.71. The maximum Gasteiger partial charge on any atom is 0.290 e. The van der Waals surface area contributed by atoms with E-state index in [1.165, 1.54) is 4.68 Å². The summed E-state index contributed by atoms with van der Waals surface area (Å²) in [5, 5.41) is 4.53. The van der Waals surface area contributed by atoms with Crippen molar-refractivity contribution in [2.75, 3.05) is 0 Å². The van der Waals surface area contributed by atoms with Gasteiger partial charge in [0.2, 0.25) is 0 Å². The molecule has 18 heavy (non-hydrogen) atoms. The average molecular weight is 265 g/mol. The number of carbonyl (C=O) groups is 1. The van der Waals surface area contributed by atoms with Gasteiger partial charge in [-0.05, 0) is 44.2 Å². The van der Waals surface area contributed by atoms with Gasteiger partial charge in [0.1, 0.15) is 5.75 Å². The summed E-state index contributed by atoms with van der Waals surface area (Å²) in [6.07, 6.45) is 3.14. The molecule has 0 spiro atoms. The van der Waals surface area contributed by atoms with Gasteiger partial charge in [0.15, 0.2) is 5.60 Å². The zero-order chi connectivity index (χ0) is 13.2. The summed E-state index contributed by atoms with van der Waals surface area (Å²) in [5.74, 6) is 0.354. The number of carbonyl (C=O) groups excluding carboxylic acids is 1. The van der Waals surface area contributed by atoms with Crippen molar-refractivity contribution in [1.82, 2.24) is 9.78 Å². The molecular weight excluding hydrogens is 252 g/mol. The second kappa shape index (κ2) is 4.82. The standard InChI is InChI=1S/C13H13ClN2O2/c1-13(2,12(17)16-9-3-8-15-16)18-11-6-4-10(14)5-7-11/h3-9H,1-2H3. The predicted octanol–water partition coefficient (Wildman–Crippen LogP) is 3.03. The van der Waals surface area contributed by atoms with E-state index in [1.54, 1.807) is 56.6 Å². The summed E-state index contributed by atoms with van der Waals surface area (Å²) in [5.41, 5.74) is -1.00. The van der Waals surface area contributed by atoms with Gasteiger partial charge in [-0.2, -0.15) is 5.10 Å². The molecule has 0 fully saturated rings. The van der Waals surface area contributed by atoms with Crippen molar-refractivity contribution < 1.29 is 9.53 Å². The number of rotatable bonds is 3. The Morgan fingerprint density at radius 1 is 1.33 bits per heavy atom. The van der Waals surface area contributed by atoms with Crippen LogP contribution >= 0.6 is 11.6 Å². The highest BCUT2D eigenvalue weighted by Crippen LogP contribution is 2.21. The fourth-order valence-electron chi connectivity index (χ4n) is 1.51. The van der Waals surface area contributed by atoms with E-state index in [4.69, 9.17) is 16.3 Å². The van der Waals surface area contributed by atoms with E-state index >= 15 is 0 Å². The van der Waals surface area contributed by atoms with E-state index < -0.39 is 5.60 Å². The molecule has 2 rings (SSSR count). The first-order valence-electron chi connectivity index (χ1n) is 5.48. The fourth-order valence-corrected chi connectivity index (χ4v) is 1.63. The van der Waals surface area contributed by atoms with Crippen molar-refractivity contribution in [2.24, 2.45) is 0 Å². The molecule has 5 heteroatoms. The maximum atomic E-state index is 12.1. The van der Waals surface area contributed by atoms with E-state index in [9.17, 15) is 4.79 Å². The Labute approximate surface area is 110 Å². The second-order valence-corrected chi connectivity index (χ2v) is 4.76. The van der Waals surface area contributed by atoms with Gasteiger partial charge < -0.3 is 4.74 Å². The number of benzene rings is 1. The zero-order valence-corrected chi connectivity index (χ0v) is 10.9. The van der Waals surface area contributed by atoms with Crippen LogP contribution in [-0.4, -0.2) is 21.3 Å². The highest BCUT2D eigenvalue weighted by atomic mass is 35.5. The summed E-state index contributed by atoms with van der Waals surface area (Å²) < 4.78 is 6.93. The number of nitrogens with zero attached hydrogens (tertiary/aromatic N) is 2. The van der Waals surface area contributed by atoms with Gasteiger partial charge in [-0.15, -0.1) is 0 Å². The molecule has 94 valence electrons. The molecule has 0 aliphatic heterocycles. The molecule has 0 aliphatic rings. The fraction of sp³-hybridized carbons (Fsp3) is 0.231. The van der Waals surface area contributed by atoms with Crippen LogP contribution in [-0.2, 0) is 0 Å². The number of ether oxygens (including phenoxy) is 1. The van der Waals surface area contributed by atoms with Gasteiger partial charge in [-0.1, -0.05) is 11.6 Å². The number of halogens is 1. The molecule has 1 aromatic carbocycles. The van der Waals surface area contributed by atoms with Crippen LogP contribution in [0.4, 0.5) is 0 Å². The van der Waals surface area contributed by atoms with Crippen LogP contribution in [0.25, 0.3) is 0 Å². The molecule has 4 nitrogen and oxygen atoms in total. The first kappa shape index (κ1) is 12.6. The quantitative estimate of drug-likeness (QED) is 0.856. The lowest BCUT2D eigenvalue weighted by molar-refractivity contribution is 0.0470. The van der Waals surface area contributed by atoms with Crippen LogP contribution in [0.5, 0.6) is 5.75 Å². The van der Waals surface area contributed by atoms with Crippen LogP contribution in [0.3, 0.4) is 0 Å². The molecule has 0 saturated carbocycles. The van der Waals surface area contributed by atoms with Gasteiger partial charge in [0.05, 0.1) is 0 Å². The first-order valence-corrected chi connectivity index (χ1v) is 5.86. The molecule has 0 atom stereocenters. The minimum absolute atomic E-state index is 0.234. The minimum Gasteiger partial charge on any atom is -0.478 e. The van der Waals surface area contributed by atoms with Crippen molar-refractivity contribution in [2.45, 2.75) is 19.4 Å². The minimum atomic E-state index is -1.00. The summed E-state index contributed by atoms with van der Waals surface area (Å²) in [4.78, 5) is 12.1. The molecule has 0 saturated heterocycles. The van der Waals surface area contributed by atoms with Gasteiger partial charge in [0.25, 0.3) is 5.91 Å². The van der Waals surface area contributed by atoms with E-state index in [1.807, 2.05) is 0 Å². The second-order valence-electron chi connectivity index (χ2n) is 4.32. The largest absolute Gasteiger partial charge is 0.478 e. The molecule has 2 aromatic rings. The van der Waals surface area contributed by atoms with Crippen LogP contribution in [0.2, 0.25) is 5.02 Å². The lowest BCUT2D eigenvalue weighted by Gasteiger charge is -2.24. The molecular formula is C13H13ClN2O2. The molecule has 0 N–H and O–H groups in total. The van der Waals surface area contributed by atoms with Crippen molar-refractivity contribution >= 4 is 17.5 Å². The van der Waals surface area contributed by atoms with Crippen LogP contribution < -0.4 is 4.74 Å². The Morgan fingerprint density at radius 3 is 2.56 bits per heavy atom. The molecule has 0 bridgehead atoms. The summed E-state index contributed by atoms with van der Waals surface area (Å²) >= 11 is 5.79. The average Bonchev–Trinajstić information content (AvgIpc) is 2.84. The van der Waals surface area contributed by atoms with Gasteiger partial charge in [-0.3, -0.25) is 4.79 Å². The van der Waals surface area contributed by atoms with E-state index in [0.717, 1.165) is 0 Å². The van der Waals surface area contributed by atoms with Gasteiger partial charge in [-0.25, -0.2) is 4.68 Å². The Kier molecular flexibility index (Phi) is 3.39. The smallest absolute Gasteiger partial charge is 0.290 e. The monoisotopic (exact) mass is 264 g/mol. The van der Waals surface area contributed by atoms with Gasteiger partial charge in [0, 0.05) is 17.4 Å². The topological polar surface area (TPSA) is 44.1 Å². The molecule has 0 aliphatic carbocycles. The normalized spacial score (nSPS) is 11.3. The molecule has 0 radical (unpaired) electrons. The van der Waals surface area contributed by atoms with Gasteiger partial charge >= 0.3 is 0 Å². The zero-order valence-electron chi connectivity index (χ0n) is 10.1. The van der Waals surface area contributed by atoms with Crippen LogP contribution in [0.15, 0.2) is 42.7 Å². The van der Waals surface area contributed by atoms with Crippen molar-refractivity contribution in [3.63, 3.8) is 0 Å². The maximum absolute atomic E-state index is 12.1. The van der Waals surface area contributed by atoms with Crippen LogP contribution in [0.1, 0.15) is 18.6 Å². The first-order chi connectivity index (χ1) is 8.49. The van der Waals surface area contributed by atoms with Crippen molar-refractivity contribution in [3.8, 4) is 5.75 Å². The SMILES string of the molecule is CC(C)(Oc1ccc(Cl)cc1)C(=O)n1cccn1. The van der Waals surface area contributed by atoms with E-state index in [2.05, 4.69) is 5.10 Å². The van der Waals surface area contributed by atoms with Crippen LogP contribution in [0, 0.1) is 0 Å². The van der Waals surface area contributed by atoms with E-state index in [0.29, 0.717) is 10.8 Å². The Balaban J connectivity index is 2.16. The third-order valence-corrected chi connectivity index (χ3v) is 2.67. The van der Waals surface area contributed by atoms with Crippen molar-refractivity contribution in [3.05, 3.63) is 47.7 Å². The van der Waals surface area contributed by atoms with E-state index in [-0.39, 0.29) is 5.91 Å². The number of hydrogen-bond acceptors (Lipinski definition) is 3. The third-order valence-electron chi connectivity index (χ3n) is 2.41. The summed E-state index contributed by atoms with van der Waals surface area (Å²) in [6, 6.07) is 8.56. The summed E-state index contributed by atoms with van der Waals surface area (Å²) in [6.45, 7) is 3.40. The lowest BCUT2D eigenvalue weighted by Crippen LogP contribution is -2.42. The number of hydrogen-bond donors (Lipinski definition) is 0. The Bertz CT molecular complexity index is 533. The molecule has 0 amide bonds. The molecule has 0 unspecified atom stereocenters. The summed E-state index contributed by atoms with van der Waals surface area (Å²) in [7, 11) is 0. The Hall–Kier alpha value is -1.81. The molecule has 1 aromatic heterocycles. The highest BCUT2D eigenvalue weighted by Gasteiger charge is 2.31. The Morgan fingerprint density at radius 2 is 2.00 bits per heavy atom. The molecule has 1 heterocycles. The highest BCUT2D eigenvalue weighted by molar-refractivity contribution is 6.30. The number of aromatic nitrogens is 2. The predicted molar refractivity (Wildman–Crippen MR) is 69.0 cm³/mol. The van der Waals surface area contributed by atoms with Crippen molar-refractivity contribution in [1.29, 1.82) is 0 Å². The lowest BCUT2D eigenvalue weighted by atomic mass is 10.1.